The van der Waals surface area contributed by atoms with Crippen molar-refractivity contribution in [3.05, 3.63) is 16.4 Å². The Kier molecular flexibility index (Phi) is 4.84. The molecule has 0 radical (unpaired) electrons. The van der Waals surface area contributed by atoms with Gasteiger partial charge in [0.15, 0.2) is 0 Å². The van der Waals surface area contributed by atoms with Crippen LogP contribution in [0, 0.1) is 11.8 Å². The van der Waals surface area contributed by atoms with Crippen molar-refractivity contribution < 1.29 is 0 Å². The van der Waals surface area contributed by atoms with E-state index in [0.717, 1.165) is 24.9 Å². The summed E-state index contributed by atoms with van der Waals surface area (Å²) in [5.41, 5.74) is 1.38. The van der Waals surface area contributed by atoms with Crippen LogP contribution in [0.5, 0.6) is 0 Å². The van der Waals surface area contributed by atoms with Gasteiger partial charge in [0.05, 0.1) is 16.4 Å². The van der Waals surface area contributed by atoms with Gasteiger partial charge in [-0.2, -0.15) is 5.10 Å². The van der Waals surface area contributed by atoms with Crippen molar-refractivity contribution in [1.82, 2.24) is 15.1 Å². The lowest BCUT2D eigenvalue weighted by Crippen LogP contribution is -2.28. The smallest absolute Gasteiger partial charge is 0.0635 e. The maximum atomic E-state index is 4.35. The number of hydrogen-bond donors (Lipinski definition) is 1. The standard InChI is InChI=1S/C14H24BrN3/c1-10(2)7-16-8-11-5-4-6-12(11)14-13(15)9-17-18(14)3/h9-12,16H,4-8H2,1-3H3. The third-order valence-corrected chi connectivity index (χ3v) is 4.52. The fourth-order valence-corrected chi connectivity index (χ4v) is 3.68. The summed E-state index contributed by atoms with van der Waals surface area (Å²) in [4.78, 5) is 0. The molecule has 4 heteroatoms. The molecule has 2 atom stereocenters. The second kappa shape index (κ2) is 6.20. The quantitative estimate of drug-likeness (QED) is 0.903. The highest BCUT2D eigenvalue weighted by Crippen LogP contribution is 2.41. The second-order valence-electron chi connectivity index (χ2n) is 5.85. The molecule has 1 aliphatic rings. The Bertz CT molecular complexity index is 367. The number of aromatic nitrogens is 2. The zero-order valence-electron chi connectivity index (χ0n) is 11.6. The third kappa shape index (κ3) is 3.15. The summed E-state index contributed by atoms with van der Waals surface area (Å²) in [5, 5.41) is 7.97. The van der Waals surface area contributed by atoms with Crippen molar-refractivity contribution in [3.63, 3.8) is 0 Å². The summed E-state index contributed by atoms with van der Waals surface area (Å²) in [6, 6.07) is 0. The summed E-state index contributed by atoms with van der Waals surface area (Å²) >= 11 is 3.64. The Morgan fingerprint density at radius 2 is 2.28 bits per heavy atom. The molecule has 1 saturated carbocycles. The summed E-state index contributed by atoms with van der Waals surface area (Å²) in [6.07, 6.45) is 5.90. The highest BCUT2D eigenvalue weighted by molar-refractivity contribution is 9.10. The lowest BCUT2D eigenvalue weighted by molar-refractivity contribution is 0.411. The third-order valence-electron chi connectivity index (χ3n) is 3.91. The fraction of sp³-hybridized carbons (Fsp3) is 0.786. The SMILES string of the molecule is CC(C)CNCC1CCCC1c1c(Br)cnn1C. The molecule has 1 aliphatic carbocycles. The Morgan fingerprint density at radius 1 is 1.50 bits per heavy atom. The van der Waals surface area contributed by atoms with Crippen molar-refractivity contribution in [3.8, 4) is 0 Å². The molecule has 0 aromatic carbocycles. The number of halogens is 1. The molecular formula is C14H24BrN3. The van der Waals surface area contributed by atoms with Gasteiger partial charge in [-0.25, -0.2) is 0 Å². The van der Waals surface area contributed by atoms with Crippen LogP contribution < -0.4 is 5.32 Å². The highest BCUT2D eigenvalue weighted by Gasteiger charge is 2.31. The second-order valence-corrected chi connectivity index (χ2v) is 6.71. The van der Waals surface area contributed by atoms with Crippen LogP contribution in [0.2, 0.25) is 0 Å². The molecule has 1 N–H and O–H groups in total. The number of aryl methyl sites for hydroxylation is 1. The summed E-state index contributed by atoms with van der Waals surface area (Å²) in [5.74, 6) is 2.15. The van der Waals surface area contributed by atoms with Crippen molar-refractivity contribution in [1.29, 1.82) is 0 Å². The topological polar surface area (TPSA) is 29.9 Å². The number of rotatable bonds is 5. The molecule has 102 valence electrons. The molecule has 0 aliphatic heterocycles. The molecule has 0 amide bonds. The van der Waals surface area contributed by atoms with Crippen LogP contribution in [0.15, 0.2) is 10.7 Å². The van der Waals surface area contributed by atoms with Gasteiger partial charge in [0.25, 0.3) is 0 Å². The Morgan fingerprint density at radius 3 is 2.89 bits per heavy atom. The van der Waals surface area contributed by atoms with Gasteiger partial charge in [-0.1, -0.05) is 20.3 Å². The average molecular weight is 314 g/mol. The van der Waals surface area contributed by atoms with E-state index in [1.54, 1.807) is 0 Å². The average Bonchev–Trinajstić information content (AvgIpc) is 2.86. The van der Waals surface area contributed by atoms with Crippen LogP contribution in [0.4, 0.5) is 0 Å². The minimum Gasteiger partial charge on any atom is -0.316 e. The lowest BCUT2D eigenvalue weighted by atomic mass is 9.92. The molecule has 0 saturated heterocycles. The van der Waals surface area contributed by atoms with Gasteiger partial charge in [0.2, 0.25) is 0 Å². The first-order valence-corrected chi connectivity index (χ1v) is 7.77. The van der Waals surface area contributed by atoms with E-state index in [4.69, 9.17) is 0 Å². The lowest BCUT2D eigenvalue weighted by Gasteiger charge is -2.21. The molecule has 0 spiro atoms. The van der Waals surface area contributed by atoms with Crippen molar-refractivity contribution >= 4 is 15.9 Å². The van der Waals surface area contributed by atoms with Gasteiger partial charge < -0.3 is 5.32 Å². The van der Waals surface area contributed by atoms with Gasteiger partial charge >= 0.3 is 0 Å². The van der Waals surface area contributed by atoms with Crippen LogP contribution in [0.1, 0.15) is 44.7 Å². The Balaban J connectivity index is 1.99. The zero-order chi connectivity index (χ0) is 13.1. The van der Waals surface area contributed by atoms with E-state index in [1.165, 1.54) is 29.4 Å². The van der Waals surface area contributed by atoms with E-state index in [9.17, 15) is 0 Å². The van der Waals surface area contributed by atoms with Crippen molar-refractivity contribution in [2.24, 2.45) is 18.9 Å². The predicted octanol–water partition coefficient (Wildman–Crippen LogP) is 3.31. The number of nitrogens with zero attached hydrogens (tertiary/aromatic N) is 2. The first-order valence-electron chi connectivity index (χ1n) is 6.97. The van der Waals surface area contributed by atoms with Crippen LogP contribution in [0.3, 0.4) is 0 Å². The highest BCUT2D eigenvalue weighted by atomic mass is 79.9. The van der Waals surface area contributed by atoms with Crippen LogP contribution in [0.25, 0.3) is 0 Å². The van der Waals surface area contributed by atoms with Crippen molar-refractivity contribution in [2.75, 3.05) is 13.1 Å². The number of nitrogens with one attached hydrogen (secondary N) is 1. The predicted molar refractivity (Wildman–Crippen MR) is 78.7 cm³/mol. The van der Waals surface area contributed by atoms with Crippen LogP contribution in [-0.4, -0.2) is 22.9 Å². The maximum Gasteiger partial charge on any atom is 0.0635 e. The minimum atomic E-state index is 0.659. The van der Waals surface area contributed by atoms with E-state index >= 15 is 0 Å². The molecule has 3 nitrogen and oxygen atoms in total. The summed E-state index contributed by atoms with van der Waals surface area (Å²) in [6.45, 7) is 6.78. The normalized spacial score (nSPS) is 24.1. The van der Waals surface area contributed by atoms with E-state index in [-0.39, 0.29) is 0 Å². The largest absolute Gasteiger partial charge is 0.316 e. The molecule has 1 aromatic heterocycles. The zero-order valence-corrected chi connectivity index (χ0v) is 13.2. The first kappa shape index (κ1) is 14.1. The van der Waals surface area contributed by atoms with Gasteiger partial charge in [-0.3, -0.25) is 4.68 Å². The minimum absolute atomic E-state index is 0.659. The molecule has 1 aromatic rings. The van der Waals surface area contributed by atoms with Crippen LogP contribution in [-0.2, 0) is 7.05 Å². The van der Waals surface area contributed by atoms with Gasteiger partial charge in [-0.05, 0) is 53.7 Å². The summed E-state index contributed by atoms with van der Waals surface area (Å²) in [7, 11) is 2.05. The van der Waals surface area contributed by atoms with Crippen LogP contribution >= 0.6 is 15.9 Å². The molecule has 2 unspecified atom stereocenters. The molecular weight excluding hydrogens is 290 g/mol. The molecule has 0 bridgehead atoms. The van der Waals surface area contributed by atoms with E-state index in [1.807, 2.05) is 10.9 Å². The Hall–Kier alpha value is -0.350. The molecule has 1 fully saturated rings. The van der Waals surface area contributed by atoms with E-state index in [2.05, 4.69) is 47.2 Å². The number of hydrogen-bond acceptors (Lipinski definition) is 2. The molecule has 2 rings (SSSR count). The van der Waals surface area contributed by atoms with Gasteiger partial charge in [0.1, 0.15) is 0 Å². The Labute approximate surface area is 118 Å². The van der Waals surface area contributed by atoms with Gasteiger partial charge in [-0.15, -0.1) is 0 Å². The molecule has 1 heterocycles. The van der Waals surface area contributed by atoms with Gasteiger partial charge in [0, 0.05) is 13.0 Å². The first-order chi connectivity index (χ1) is 8.59. The molecule has 18 heavy (non-hydrogen) atoms. The monoisotopic (exact) mass is 313 g/mol. The fourth-order valence-electron chi connectivity index (χ4n) is 3.04. The maximum absolute atomic E-state index is 4.35. The van der Waals surface area contributed by atoms with E-state index in [0.29, 0.717) is 5.92 Å². The summed E-state index contributed by atoms with van der Waals surface area (Å²) < 4.78 is 3.21. The van der Waals surface area contributed by atoms with E-state index < -0.39 is 0 Å². The van der Waals surface area contributed by atoms with Crippen molar-refractivity contribution in [2.45, 2.75) is 39.0 Å².